The molecule has 0 fully saturated rings. The summed E-state index contributed by atoms with van der Waals surface area (Å²) < 4.78 is 0. The number of unbranched alkanes of at least 4 members (excludes halogenated alkanes) is 2. The molecule has 0 rings (SSSR count). The van der Waals surface area contributed by atoms with Gasteiger partial charge in [0, 0.05) is 7.05 Å². The van der Waals surface area contributed by atoms with Crippen LogP contribution in [0.2, 0.25) is 0 Å². The zero-order valence-electron chi connectivity index (χ0n) is 7.36. The Morgan fingerprint density at radius 2 is 2.33 bits per heavy atom. The van der Waals surface area contributed by atoms with Crippen molar-refractivity contribution in [2.75, 3.05) is 7.05 Å². The summed E-state index contributed by atoms with van der Waals surface area (Å²) >= 11 is 0. The first-order chi connectivity index (χ1) is 5.68. The fourth-order valence-corrected chi connectivity index (χ4v) is 0.852. The smallest absolute Gasteiger partial charge is 0.320 e. The molecule has 4 heteroatoms. The number of rotatable bonds is 6. The van der Waals surface area contributed by atoms with Gasteiger partial charge in [0.1, 0.15) is 6.04 Å². The second-order valence-corrected chi connectivity index (χ2v) is 2.67. The molecule has 3 N–H and O–H groups in total. The predicted octanol–water partition coefficient (Wildman–Crippen LogP) is 0.659. The van der Waals surface area contributed by atoms with Gasteiger partial charge in [-0.1, -0.05) is 6.42 Å². The van der Waals surface area contributed by atoms with Gasteiger partial charge < -0.3 is 15.8 Å². The Bertz CT molecular complexity index is 157. The molecular formula is C8H16N2O2. The van der Waals surface area contributed by atoms with Crippen molar-refractivity contribution in [1.82, 2.24) is 0 Å². The number of carbonyl (C=O) groups is 1. The zero-order valence-corrected chi connectivity index (χ0v) is 7.36. The lowest BCUT2D eigenvalue weighted by molar-refractivity contribution is -0.138. The first kappa shape index (κ1) is 11.1. The van der Waals surface area contributed by atoms with Gasteiger partial charge in [-0.15, -0.1) is 0 Å². The minimum absolute atomic E-state index is 0.548. The van der Waals surface area contributed by atoms with Crippen LogP contribution in [0, 0.1) is 0 Å². The Hall–Kier alpha value is -0.900. The molecule has 0 radical (unpaired) electrons. The summed E-state index contributed by atoms with van der Waals surface area (Å²) in [5.41, 5.74) is 5.30. The summed E-state index contributed by atoms with van der Waals surface area (Å²) in [6.45, 7) is 0. The van der Waals surface area contributed by atoms with Crippen LogP contribution in [0.4, 0.5) is 0 Å². The summed E-state index contributed by atoms with van der Waals surface area (Å²) in [7, 11) is 1.73. The van der Waals surface area contributed by atoms with E-state index in [1.807, 2.05) is 6.21 Å². The summed E-state index contributed by atoms with van der Waals surface area (Å²) in [5, 5.41) is 8.43. The van der Waals surface area contributed by atoms with E-state index in [4.69, 9.17) is 10.8 Å². The number of hydrogen-bond donors (Lipinski definition) is 2. The van der Waals surface area contributed by atoms with Crippen molar-refractivity contribution in [1.29, 1.82) is 0 Å². The van der Waals surface area contributed by atoms with Gasteiger partial charge in [0.15, 0.2) is 0 Å². The molecule has 12 heavy (non-hydrogen) atoms. The number of carboxylic acid groups (broad SMARTS) is 1. The van der Waals surface area contributed by atoms with Gasteiger partial charge in [0.2, 0.25) is 0 Å². The van der Waals surface area contributed by atoms with E-state index in [1.54, 1.807) is 7.05 Å². The largest absolute Gasteiger partial charge is 0.480 e. The molecule has 0 aromatic rings. The Kier molecular flexibility index (Phi) is 6.28. The number of nitrogens with two attached hydrogens (primary N) is 1. The van der Waals surface area contributed by atoms with E-state index in [1.165, 1.54) is 0 Å². The van der Waals surface area contributed by atoms with E-state index in [0.717, 1.165) is 19.3 Å². The Morgan fingerprint density at radius 1 is 1.67 bits per heavy atom. The first-order valence-electron chi connectivity index (χ1n) is 4.07. The van der Waals surface area contributed by atoms with Crippen molar-refractivity contribution in [3.8, 4) is 0 Å². The van der Waals surface area contributed by atoms with Crippen LogP contribution in [-0.2, 0) is 4.79 Å². The Morgan fingerprint density at radius 3 is 2.83 bits per heavy atom. The minimum atomic E-state index is -0.917. The fraction of sp³-hybridized carbons (Fsp3) is 0.750. The zero-order chi connectivity index (χ0) is 9.40. The van der Waals surface area contributed by atoms with Crippen molar-refractivity contribution in [2.24, 2.45) is 10.7 Å². The summed E-state index contributed by atoms with van der Waals surface area (Å²) in [6, 6.07) is -0.705. The topological polar surface area (TPSA) is 75.7 Å². The van der Waals surface area contributed by atoms with E-state index in [9.17, 15) is 4.79 Å². The van der Waals surface area contributed by atoms with E-state index in [-0.39, 0.29) is 0 Å². The molecule has 0 heterocycles. The Labute approximate surface area is 72.5 Å². The highest BCUT2D eigenvalue weighted by Crippen LogP contribution is 2.00. The van der Waals surface area contributed by atoms with Gasteiger partial charge in [-0.25, -0.2) is 0 Å². The number of aliphatic carboxylic acids is 1. The second kappa shape index (κ2) is 6.79. The highest BCUT2D eigenvalue weighted by atomic mass is 16.4. The molecule has 0 unspecified atom stereocenters. The lowest BCUT2D eigenvalue weighted by atomic mass is 10.1. The quantitative estimate of drug-likeness (QED) is 0.456. The maximum absolute atomic E-state index is 10.3. The lowest BCUT2D eigenvalue weighted by Crippen LogP contribution is -2.29. The van der Waals surface area contributed by atoms with E-state index >= 15 is 0 Å². The van der Waals surface area contributed by atoms with Crippen LogP contribution in [0.15, 0.2) is 4.99 Å². The van der Waals surface area contributed by atoms with E-state index in [2.05, 4.69) is 4.99 Å². The molecule has 0 aliphatic carbocycles. The van der Waals surface area contributed by atoms with Gasteiger partial charge in [-0.05, 0) is 25.5 Å². The molecular weight excluding hydrogens is 156 g/mol. The highest BCUT2D eigenvalue weighted by Gasteiger charge is 2.09. The molecule has 0 aliphatic heterocycles. The molecule has 0 saturated carbocycles. The molecule has 0 aromatic heterocycles. The fourth-order valence-electron chi connectivity index (χ4n) is 0.852. The summed E-state index contributed by atoms with van der Waals surface area (Å²) in [4.78, 5) is 14.1. The molecule has 0 saturated heterocycles. The van der Waals surface area contributed by atoms with E-state index in [0.29, 0.717) is 6.42 Å². The summed E-state index contributed by atoms with van der Waals surface area (Å²) in [6.07, 6.45) is 5.08. The number of nitrogens with zero attached hydrogens (tertiary/aromatic N) is 1. The number of aliphatic imine (C=N–C) groups is 1. The van der Waals surface area contributed by atoms with Gasteiger partial charge in [0.25, 0.3) is 0 Å². The second-order valence-electron chi connectivity index (χ2n) is 2.67. The molecule has 0 aliphatic rings. The van der Waals surface area contributed by atoms with Crippen molar-refractivity contribution in [3.05, 3.63) is 0 Å². The molecule has 0 aromatic carbocycles. The maximum Gasteiger partial charge on any atom is 0.320 e. The average molecular weight is 172 g/mol. The molecule has 0 spiro atoms. The average Bonchev–Trinajstić information content (AvgIpc) is 2.03. The highest BCUT2D eigenvalue weighted by molar-refractivity contribution is 5.72. The number of hydrogen-bond acceptors (Lipinski definition) is 3. The lowest BCUT2D eigenvalue weighted by Gasteiger charge is -2.03. The normalized spacial score (nSPS) is 13.5. The number of carboxylic acids is 1. The third-order valence-electron chi connectivity index (χ3n) is 1.60. The van der Waals surface area contributed by atoms with Crippen molar-refractivity contribution < 1.29 is 9.90 Å². The predicted molar refractivity (Wildman–Crippen MR) is 48.5 cm³/mol. The van der Waals surface area contributed by atoms with Crippen molar-refractivity contribution in [2.45, 2.75) is 31.7 Å². The minimum Gasteiger partial charge on any atom is -0.480 e. The Balaban J connectivity index is 3.25. The van der Waals surface area contributed by atoms with Crippen LogP contribution in [0.1, 0.15) is 25.7 Å². The van der Waals surface area contributed by atoms with Gasteiger partial charge >= 0.3 is 5.97 Å². The van der Waals surface area contributed by atoms with Crippen LogP contribution >= 0.6 is 0 Å². The van der Waals surface area contributed by atoms with Gasteiger partial charge in [-0.2, -0.15) is 0 Å². The monoisotopic (exact) mass is 172 g/mol. The third-order valence-corrected chi connectivity index (χ3v) is 1.60. The summed E-state index contributed by atoms with van der Waals surface area (Å²) in [5.74, 6) is -0.917. The molecule has 0 amide bonds. The van der Waals surface area contributed by atoms with Crippen molar-refractivity contribution >= 4 is 12.2 Å². The molecule has 1 atom stereocenters. The van der Waals surface area contributed by atoms with Crippen LogP contribution in [0.25, 0.3) is 0 Å². The van der Waals surface area contributed by atoms with E-state index < -0.39 is 12.0 Å². The van der Waals surface area contributed by atoms with Crippen LogP contribution in [0.3, 0.4) is 0 Å². The van der Waals surface area contributed by atoms with Gasteiger partial charge in [-0.3, -0.25) is 4.79 Å². The van der Waals surface area contributed by atoms with Crippen LogP contribution in [-0.4, -0.2) is 30.4 Å². The third kappa shape index (κ3) is 5.85. The van der Waals surface area contributed by atoms with Gasteiger partial charge in [0.05, 0.1) is 0 Å². The van der Waals surface area contributed by atoms with Crippen LogP contribution in [0.5, 0.6) is 0 Å². The maximum atomic E-state index is 10.3. The molecule has 0 bridgehead atoms. The first-order valence-corrected chi connectivity index (χ1v) is 4.07. The molecule has 4 nitrogen and oxygen atoms in total. The SMILES string of the molecule is C/N=C\CCCC[C@@H](N)C(=O)O. The van der Waals surface area contributed by atoms with Crippen molar-refractivity contribution in [3.63, 3.8) is 0 Å². The standard InChI is InChI=1S/C8H16N2O2/c1-10-6-4-2-3-5-7(9)8(11)12/h6-7H,2-5,9H2,1H3,(H,11,12)/b10-6-/t7-/m1/s1. The van der Waals surface area contributed by atoms with Crippen LogP contribution < -0.4 is 5.73 Å². The molecule has 70 valence electrons.